The second kappa shape index (κ2) is 5.91. The van der Waals surface area contributed by atoms with E-state index >= 15 is 0 Å². The summed E-state index contributed by atoms with van der Waals surface area (Å²) in [5, 5.41) is 16.2. The summed E-state index contributed by atoms with van der Waals surface area (Å²) in [5.74, 6) is -0.862. The molecule has 0 bridgehead atoms. The zero-order valence-corrected chi connectivity index (χ0v) is 12.6. The van der Waals surface area contributed by atoms with E-state index in [0.717, 1.165) is 23.7 Å². The molecule has 8 heteroatoms. The van der Waals surface area contributed by atoms with Gasteiger partial charge in [-0.25, -0.2) is 0 Å². The Morgan fingerprint density at radius 2 is 2.05 bits per heavy atom. The zero-order valence-electron chi connectivity index (χ0n) is 12.6. The van der Waals surface area contributed by atoms with Crippen LogP contribution in [-0.2, 0) is 6.18 Å². The molecule has 1 amide bonds. The van der Waals surface area contributed by atoms with E-state index in [-0.39, 0.29) is 6.54 Å². The Balaban J connectivity index is 2.19. The van der Waals surface area contributed by atoms with Crippen molar-refractivity contribution in [3.05, 3.63) is 17.5 Å². The molecule has 0 radical (unpaired) electrons. The van der Waals surface area contributed by atoms with Crippen molar-refractivity contribution in [1.29, 1.82) is 0 Å². The van der Waals surface area contributed by atoms with Crippen molar-refractivity contribution in [2.75, 3.05) is 6.54 Å². The SMILES string of the molecule is CC(C)n1ncc(C(=O)NCC2(O)CCCC2)c1C(F)(F)F. The smallest absolute Gasteiger partial charge is 0.388 e. The van der Waals surface area contributed by atoms with E-state index in [4.69, 9.17) is 0 Å². The number of alkyl halides is 3. The first-order chi connectivity index (χ1) is 10.1. The average molecular weight is 319 g/mol. The number of halogens is 3. The second-order valence-electron chi connectivity index (χ2n) is 6.06. The first kappa shape index (κ1) is 16.8. The van der Waals surface area contributed by atoms with Crippen LogP contribution >= 0.6 is 0 Å². The van der Waals surface area contributed by atoms with E-state index in [2.05, 4.69) is 10.4 Å². The molecule has 0 saturated heterocycles. The lowest BCUT2D eigenvalue weighted by Gasteiger charge is -2.22. The largest absolute Gasteiger partial charge is 0.433 e. The van der Waals surface area contributed by atoms with Gasteiger partial charge >= 0.3 is 6.18 Å². The number of carbonyl (C=O) groups is 1. The van der Waals surface area contributed by atoms with Crippen LogP contribution in [0.15, 0.2) is 6.20 Å². The fourth-order valence-electron chi connectivity index (χ4n) is 2.75. The summed E-state index contributed by atoms with van der Waals surface area (Å²) >= 11 is 0. The maximum absolute atomic E-state index is 13.2. The summed E-state index contributed by atoms with van der Waals surface area (Å²) in [4.78, 5) is 12.1. The van der Waals surface area contributed by atoms with Gasteiger partial charge in [-0.3, -0.25) is 9.48 Å². The summed E-state index contributed by atoms with van der Waals surface area (Å²) in [6.07, 6.45) is -0.944. The molecule has 1 aromatic heterocycles. The first-order valence-corrected chi connectivity index (χ1v) is 7.29. The number of rotatable bonds is 4. The second-order valence-corrected chi connectivity index (χ2v) is 6.06. The van der Waals surface area contributed by atoms with E-state index in [0.29, 0.717) is 12.8 Å². The van der Waals surface area contributed by atoms with Crippen molar-refractivity contribution in [3.63, 3.8) is 0 Å². The van der Waals surface area contributed by atoms with Crippen LogP contribution in [-0.4, -0.2) is 32.9 Å². The van der Waals surface area contributed by atoms with Crippen molar-refractivity contribution in [3.8, 4) is 0 Å². The third kappa shape index (κ3) is 3.43. The van der Waals surface area contributed by atoms with Gasteiger partial charge in [0.25, 0.3) is 5.91 Å². The highest BCUT2D eigenvalue weighted by Gasteiger charge is 2.41. The van der Waals surface area contributed by atoms with Crippen LogP contribution in [0.4, 0.5) is 13.2 Å². The van der Waals surface area contributed by atoms with E-state index in [1.807, 2.05) is 0 Å². The Hall–Kier alpha value is -1.57. The molecule has 2 N–H and O–H groups in total. The van der Waals surface area contributed by atoms with E-state index < -0.39 is 35.0 Å². The zero-order chi connectivity index (χ0) is 16.5. The van der Waals surface area contributed by atoms with Crippen LogP contribution in [0.25, 0.3) is 0 Å². The molecule has 0 spiro atoms. The molecule has 124 valence electrons. The molecule has 0 unspecified atom stereocenters. The fourth-order valence-corrected chi connectivity index (χ4v) is 2.75. The molecule has 0 aliphatic heterocycles. The van der Waals surface area contributed by atoms with Crippen LogP contribution in [0.1, 0.15) is 61.6 Å². The average Bonchev–Trinajstić information content (AvgIpc) is 3.02. The quantitative estimate of drug-likeness (QED) is 0.896. The summed E-state index contributed by atoms with van der Waals surface area (Å²) in [5.41, 5.74) is -2.58. The third-order valence-electron chi connectivity index (χ3n) is 3.91. The number of nitrogens with one attached hydrogen (secondary N) is 1. The minimum Gasteiger partial charge on any atom is -0.388 e. The van der Waals surface area contributed by atoms with Crippen molar-refractivity contribution < 1.29 is 23.1 Å². The van der Waals surface area contributed by atoms with Crippen molar-refractivity contribution >= 4 is 5.91 Å². The maximum atomic E-state index is 13.2. The number of amides is 1. The lowest BCUT2D eigenvalue weighted by Crippen LogP contribution is -2.41. The summed E-state index contributed by atoms with van der Waals surface area (Å²) in [6, 6.07) is -0.516. The van der Waals surface area contributed by atoms with Crippen LogP contribution in [0.3, 0.4) is 0 Å². The Labute approximate surface area is 126 Å². The Morgan fingerprint density at radius 3 is 2.55 bits per heavy atom. The highest BCUT2D eigenvalue weighted by atomic mass is 19.4. The predicted molar refractivity (Wildman–Crippen MR) is 73.4 cm³/mol. The van der Waals surface area contributed by atoms with E-state index in [1.165, 1.54) is 0 Å². The van der Waals surface area contributed by atoms with Gasteiger partial charge in [0.1, 0.15) is 0 Å². The normalized spacial score (nSPS) is 18.0. The number of aromatic nitrogens is 2. The maximum Gasteiger partial charge on any atom is 0.433 e. The number of nitrogens with zero attached hydrogens (tertiary/aromatic N) is 2. The monoisotopic (exact) mass is 319 g/mol. The lowest BCUT2D eigenvalue weighted by atomic mass is 10.0. The van der Waals surface area contributed by atoms with Gasteiger partial charge in [0.2, 0.25) is 0 Å². The van der Waals surface area contributed by atoms with Crippen molar-refractivity contribution in [2.45, 2.75) is 57.3 Å². The molecular weight excluding hydrogens is 299 g/mol. The number of hydrogen-bond acceptors (Lipinski definition) is 3. The number of carbonyl (C=O) groups excluding carboxylic acids is 1. The lowest BCUT2D eigenvalue weighted by molar-refractivity contribution is -0.145. The molecule has 1 fully saturated rings. The molecule has 1 aliphatic rings. The first-order valence-electron chi connectivity index (χ1n) is 7.29. The predicted octanol–water partition coefficient (Wildman–Crippen LogP) is 2.52. The number of aliphatic hydroxyl groups is 1. The van der Waals surface area contributed by atoms with Gasteiger partial charge in [0, 0.05) is 12.6 Å². The highest BCUT2D eigenvalue weighted by Crippen LogP contribution is 2.34. The summed E-state index contributed by atoms with van der Waals surface area (Å²) in [6.45, 7) is 3.08. The van der Waals surface area contributed by atoms with Crippen LogP contribution in [0.2, 0.25) is 0 Å². The minimum atomic E-state index is -4.67. The van der Waals surface area contributed by atoms with Crippen LogP contribution in [0.5, 0.6) is 0 Å². The molecular formula is C14H20F3N3O2. The molecule has 5 nitrogen and oxygen atoms in total. The Kier molecular flexibility index (Phi) is 4.51. The fraction of sp³-hybridized carbons (Fsp3) is 0.714. The molecule has 1 heterocycles. The summed E-state index contributed by atoms with van der Waals surface area (Å²) in [7, 11) is 0. The molecule has 2 rings (SSSR count). The molecule has 1 aliphatic carbocycles. The van der Waals surface area contributed by atoms with Gasteiger partial charge in [0.15, 0.2) is 5.69 Å². The van der Waals surface area contributed by atoms with Gasteiger partial charge in [-0.1, -0.05) is 12.8 Å². The van der Waals surface area contributed by atoms with Crippen LogP contribution in [0, 0.1) is 0 Å². The van der Waals surface area contributed by atoms with Gasteiger partial charge < -0.3 is 10.4 Å². The third-order valence-corrected chi connectivity index (χ3v) is 3.91. The topological polar surface area (TPSA) is 67.2 Å². The van der Waals surface area contributed by atoms with Crippen molar-refractivity contribution in [2.24, 2.45) is 0 Å². The molecule has 0 aromatic carbocycles. The Morgan fingerprint density at radius 1 is 1.45 bits per heavy atom. The standard InChI is InChI=1S/C14H20F3N3O2/c1-9(2)20-11(14(15,16)17)10(7-19-20)12(21)18-8-13(22)5-3-4-6-13/h7,9,22H,3-6,8H2,1-2H3,(H,18,21). The molecule has 1 saturated carbocycles. The van der Waals surface area contributed by atoms with Gasteiger partial charge in [-0.2, -0.15) is 18.3 Å². The van der Waals surface area contributed by atoms with E-state index in [9.17, 15) is 23.1 Å². The van der Waals surface area contributed by atoms with Crippen molar-refractivity contribution in [1.82, 2.24) is 15.1 Å². The molecule has 0 atom stereocenters. The Bertz CT molecular complexity index is 546. The minimum absolute atomic E-state index is 0.0456. The van der Waals surface area contributed by atoms with E-state index in [1.54, 1.807) is 13.8 Å². The molecule has 1 aromatic rings. The number of hydrogen-bond donors (Lipinski definition) is 2. The van der Waals surface area contributed by atoms with Gasteiger partial charge in [-0.05, 0) is 26.7 Å². The van der Waals surface area contributed by atoms with Gasteiger partial charge in [-0.15, -0.1) is 0 Å². The molecule has 22 heavy (non-hydrogen) atoms. The van der Waals surface area contributed by atoms with Gasteiger partial charge in [0.05, 0.1) is 17.4 Å². The highest BCUT2D eigenvalue weighted by molar-refractivity contribution is 5.95. The van der Waals surface area contributed by atoms with Crippen LogP contribution < -0.4 is 5.32 Å². The summed E-state index contributed by atoms with van der Waals surface area (Å²) < 4.78 is 40.4.